The molecule has 1 aromatic heterocycles. The molecule has 1 aliphatic rings. The van der Waals surface area contributed by atoms with Crippen molar-refractivity contribution in [1.29, 1.82) is 0 Å². The van der Waals surface area contributed by atoms with E-state index in [4.69, 9.17) is 0 Å². The van der Waals surface area contributed by atoms with Crippen molar-refractivity contribution in [3.05, 3.63) is 11.1 Å². The molecule has 4 nitrogen and oxygen atoms in total. The van der Waals surface area contributed by atoms with Gasteiger partial charge in [-0.15, -0.1) is 11.3 Å². The van der Waals surface area contributed by atoms with Crippen LogP contribution in [0.2, 0.25) is 0 Å². The van der Waals surface area contributed by atoms with Gasteiger partial charge in [-0.05, 0) is 6.92 Å². The molecule has 0 aliphatic carbocycles. The lowest BCUT2D eigenvalue weighted by atomic mass is 10.4. The van der Waals surface area contributed by atoms with Gasteiger partial charge in [-0.2, -0.15) is 11.8 Å². The van der Waals surface area contributed by atoms with Crippen molar-refractivity contribution in [2.75, 3.05) is 36.5 Å². The second-order valence-corrected chi connectivity index (χ2v) is 5.81. The maximum atomic E-state index is 11.7. The van der Waals surface area contributed by atoms with Gasteiger partial charge in [0.05, 0.1) is 12.2 Å². The van der Waals surface area contributed by atoms with Crippen LogP contribution in [-0.2, 0) is 4.79 Å². The molecule has 0 aromatic carbocycles. The van der Waals surface area contributed by atoms with E-state index in [9.17, 15) is 4.79 Å². The average Bonchev–Trinajstić information content (AvgIpc) is 2.65. The van der Waals surface area contributed by atoms with E-state index in [1.165, 1.54) is 11.3 Å². The number of hydrogen-bond donors (Lipinski definition) is 1. The van der Waals surface area contributed by atoms with Gasteiger partial charge in [-0.3, -0.25) is 9.69 Å². The topological polar surface area (TPSA) is 45.2 Å². The van der Waals surface area contributed by atoms with Crippen LogP contribution in [0.15, 0.2) is 5.38 Å². The van der Waals surface area contributed by atoms with Gasteiger partial charge in [0.1, 0.15) is 0 Å². The predicted molar refractivity (Wildman–Crippen MR) is 69.2 cm³/mol. The number of thioether (sulfide) groups is 1. The Balaban J connectivity index is 1.79. The number of amides is 1. The molecule has 0 atom stereocenters. The summed E-state index contributed by atoms with van der Waals surface area (Å²) in [6.07, 6.45) is 0. The summed E-state index contributed by atoms with van der Waals surface area (Å²) in [4.78, 5) is 18.1. The molecule has 0 radical (unpaired) electrons. The first-order chi connectivity index (χ1) is 7.74. The highest BCUT2D eigenvalue weighted by atomic mass is 32.2. The van der Waals surface area contributed by atoms with Crippen LogP contribution >= 0.6 is 23.1 Å². The fourth-order valence-electron chi connectivity index (χ4n) is 1.53. The molecule has 2 heterocycles. The lowest BCUT2D eigenvalue weighted by Crippen LogP contribution is -2.38. The summed E-state index contributed by atoms with van der Waals surface area (Å²) in [5.74, 6) is 2.30. The van der Waals surface area contributed by atoms with Crippen LogP contribution in [0, 0.1) is 6.92 Å². The Hall–Kier alpha value is -0.590. The predicted octanol–water partition coefficient (Wildman–Crippen LogP) is 1.44. The number of aromatic nitrogens is 1. The van der Waals surface area contributed by atoms with Crippen LogP contribution in [-0.4, -0.2) is 46.9 Å². The molecule has 1 amide bonds. The van der Waals surface area contributed by atoms with E-state index in [1.807, 2.05) is 24.1 Å². The summed E-state index contributed by atoms with van der Waals surface area (Å²) >= 11 is 3.42. The Morgan fingerprint density at radius 2 is 2.31 bits per heavy atom. The van der Waals surface area contributed by atoms with Crippen molar-refractivity contribution in [2.24, 2.45) is 0 Å². The van der Waals surface area contributed by atoms with Crippen LogP contribution in [0.25, 0.3) is 0 Å². The van der Waals surface area contributed by atoms with E-state index in [0.717, 1.165) is 30.3 Å². The Labute approximate surface area is 103 Å². The third-order valence-electron chi connectivity index (χ3n) is 2.34. The number of nitrogens with zero attached hydrogens (tertiary/aromatic N) is 2. The van der Waals surface area contributed by atoms with E-state index in [-0.39, 0.29) is 5.91 Å². The van der Waals surface area contributed by atoms with E-state index in [1.54, 1.807) is 0 Å². The summed E-state index contributed by atoms with van der Waals surface area (Å²) in [5, 5.41) is 5.47. The number of hydrogen-bond acceptors (Lipinski definition) is 5. The Bertz CT molecular complexity index is 361. The highest BCUT2D eigenvalue weighted by molar-refractivity contribution is 7.99. The fraction of sp³-hybridized carbons (Fsp3) is 0.600. The number of aryl methyl sites for hydroxylation is 1. The monoisotopic (exact) mass is 257 g/mol. The normalized spacial score (nSPS) is 17.3. The number of anilines is 1. The van der Waals surface area contributed by atoms with Gasteiger partial charge < -0.3 is 5.32 Å². The summed E-state index contributed by atoms with van der Waals surface area (Å²) < 4.78 is 0. The zero-order valence-corrected chi connectivity index (χ0v) is 10.9. The Kier molecular flexibility index (Phi) is 4.20. The van der Waals surface area contributed by atoms with E-state index in [0.29, 0.717) is 11.7 Å². The lowest BCUT2D eigenvalue weighted by Gasteiger charge is -2.25. The molecule has 1 aliphatic heterocycles. The second kappa shape index (κ2) is 5.65. The molecular weight excluding hydrogens is 242 g/mol. The molecule has 0 bridgehead atoms. The van der Waals surface area contributed by atoms with Crippen molar-refractivity contribution in [3.8, 4) is 0 Å². The standard InChI is InChI=1S/C10H15N3OS2/c1-8-7-16-10(11-8)12-9(14)6-13-2-4-15-5-3-13/h7H,2-6H2,1H3,(H,11,12,14). The molecule has 2 rings (SSSR count). The van der Waals surface area contributed by atoms with Gasteiger partial charge in [0.25, 0.3) is 0 Å². The molecule has 88 valence electrons. The minimum absolute atomic E-state index is 0.0428. The SMILES string of the molecule is Cc1csc(NC(=O)CN2CCSCC2)n1. The first kappa shape index (κ1) is 11.9. The van der Waals surface area contributed by atoms with E-state index < -0.39 is 0 Å². The average molecular weight is 257 g/mol. The van der Waals surface area contributed by atoms with Crippen molar-refractivity contribution in [3.63, 3.8) is 0 Å². The van der Waals surface area contributed by atoms with Crippen LogP contribution < -0.4 is 5.32 Å². The molecule has 16 heavy (non-hydrogen) atoms. The van der Waals surface area contributed by atoms with Crippen LogP contribution in [0.1, 0.15) is 5.69 Å². The highest BCUT2D eigenvalue weighted by Crippen LogP contribution is 2.14. The summed E-state index contributed by atoms with van der Waals surface area (Å²) in [7, 11) is 0. The largest absolute Gasteiger partial charge is 0.301 e. The van der Waals surface area contributed by atoms with E-state index in [2.05, 4.69) is 15.2 Å². The number of carbonyl (C=O) groups excluding carboxylic acids is 1. The summed E-state index contributed by atoms with van der Waals surface area (Å²) in [6, 6.07) is 0. The van der Waals surface area contributed by atoms with Crippen molar-refractivity contribution < 1.29 is 4.79 Å². The van der Waals surface area contributed by atoms with Crippen molar-refractivity contribution >= 4 is 34.1 Å². The van der Waals surface area contributed by atoms with Gasteiger partial charge in [0.15, 0.2) is 5.13 Å². The molecule has 1 fully saturated rings. The molecule has 0 spiro atoms. The fourth-order valence-corrected chi connectivity index (χ4v) is 3.22. The van der Waals surface area contributed by atoms with Gasteiger partial charge in [-0.1, -0.05) is 0 Å². The molecule has 0 saturated carbocycles. The number of rotatable bonds is 3. The smallest absolute Gasteiger partial charge is 0.240 e. The summed E-state index contributed by atoms with van der Waals surface area (Å²) in [5.41, 5.74) is 0.953. The Morgan fingerprint density at radius 3 is 2.94 bits per heavy atom. The quantitative estimate of drug-likeness (QED) is 0.890. The number of thiazole rings is 1. The molecule has 6 heteroatoms. The first-order valence-electron chi connectivity index (χ1n) is 5.26. The number of nitrogens with one attached hydrogen (secondary N) is 1. The van der Waals surface area contributed by atoms with Crippen molar-refractivity contribution in [1.82, 2.24) is 9.88 Å². The third-order valence-corrected chi connectivity index (χ3v) is 4.15. The van der Waals surface area contributed by atoms with E-state index >= 15 is 0 Å². The second-order valence-electron chi connectivity index (χ2n) is 3.73. The first-order valence-corrected chi connectivity index (χ1v) is 7.29. The molecule has 1 aromatic rings. The minimum atomic E-state index is 0.0428. The number of carbonyl (C=O) groups is 1. The molecule has 1 saturated heterocycles. The lowest BCUT2D eigenvalue weighted by molar-refractivity contribution is -0.117. The van der Waals surface area contributed by atoms with Crippen molar-refractivity contribution in [2.45, 2.75) is 6.92 Å². The third kappa shape index (κ3) is 3.47. The maximum Gasteiger partial charge on any atom is 0.240 e. The van der Waals surface area contributed by atoms with Crippen LogP contribution in [0.3, 0.4) is 0 Å². The molecule has 1 N–H and O–H groups in total. The molecule has 0 unspecified atom stereocenters. The van der Waals surface area contributed by atoms with Crippen LogP contribution in [0.5, 0.6) is 0 Å². The van der Waals surface area contributed by atoms with Gasteiger partial charge in [0.2, 0.25) is 5.91 Å². The summed E-state index contributed by atoms with van der Waals surface area (Å²) in [6.45, 7) is 4.43. The minimum Gasteiger partial charge on any atom is -0.301 e. The van der Waals surface area contributed by atoms with Crippen LogP contribution in [0.4, 0.5) is 5.13 Å². The van der Waals surface area contributed by atoms with Gasteiger partial charge in [0, 0.05) is 30.0 Å². The molecular formula is C10H15N3OS2. The maximum absolute atomic E-state index is 11.7. The van der Waals surface area contributed by atoms with Gasteiger partial charge >= 0.3 is 0 Å². The Morgan fingerprint density at radius 1 is 1.56 bits per heavy atom. The van der Waals surface area contributed by atoms with Gasteiger partial charge in [-0.25, -0.2) is 4.98 Å². The highest BCUT2D eigenvalue weighted by Gasteiger charge is 2.14. The zero-order valence-electron chi connectivity index (χ0n) is 9.23. The zero-order chi connectivity index (χ0) is 11.4.